The van der Waals surface area contributed by atoms with Crippen molar-refractivity contribution < 1.29 is 18.7 Å². The van der Waals surface area contributed by atoms with Crippen molar-refractivity contribution in [3.8, 4) is 17.2 Å². The van der Waals surface area contributed by atoms with Gasteiger partial charge in [0.1, 0.15) is 11.7 Å². The number of ether oxygens (including phenoxy) is 3. The number of hydrogen-bond donors (Lipinski definition) is 2. The van der Waals surface area contributed by atoms with E-state index in [-0.39, 0.29) is 11.7 Å². The number of hydrogen-bond acceptors (Lipinski definition) is 7. The van der Waals surface area contributed by atoms with Gasteiger partial charge in [-0.1, -0.05) is 41.6 Å². The Labute approximate surface area is 190 Å². The standard InChI is InChI=1S/C23H18BrN3O5/c1-29-16-10-12(9-15(24)20(16)30-2)17-14-8-7-11-5-3-4-6-13(11)19(14)31-21(25)18(17)22-26-23(28)32-27-22/h3-10,17-18,25H,1-2H3,(H,26,27,28). The summed E-state index contributed by atoms with van der Waals surface area (Å²) in [7, 11) is 3.13. The number of aromatic nitrogens is 2. The molecule has 0 fully saturated rings. The molecule has 32 heavy (non-hydrogen) atoms. The van der Waals surface area contributed by atoms with Gasteiger partial charge in [0.15, 0.2) is 23.2 Å². The molecule has 8 nitrogen and oxygen atoms in total. The Morgan fingerprint density at radius 1 is 1.09 bits per heavy atom. The van der Waals surface area contributed by atoms with Crippen molar-refractivity contribution >= 4 is 32.6 Å². The lowest BCUT2D eigenvalue weighted by atomic mass is 9.77. The second-order valence-electron chi connectivity index (χ2n) is 7.35. The van der Waals surface area contributed by atoms with E-state index in [4.69, 9.17) is 24.1 Å². The van der Waals surface area contributed by atoms with Crippen LogP contribution in [-0.4, -0.2) is 30.3 Å². The zero-order chi connectivity index (χ0) is 22.4. The summed E-state index contributed by atoms with van der Waals surface area (Å²) in [4.78, 5) is 14.3. The number of halogens is 1. The predicted octanol–water partition coefficient (Wildman–Crippen LogP) is 4.58. The van der Waals surface area contributed by atoms with Gasteiger partial charge in [0.2, 0.25) is 0 Å². The Hall–Kier alpha value is -3.59. The summed E-state index contributed by atoms with van der Waals surface area (Å²) in [5.74, 6) is 0.0560. The van der Waals surface area contributed by atoms with Crippen molar-refractivity contribution in [3.63, 3.8) is 0 Å². The molecule has 1 aliphatic heterocycles. The number of methoxy groups -OCH3 is 2. The van der Waals surface area contributed by atoms with E-state index in [2.05, 4.69) is 26.1 Å². The van der Waals surface area contributed by atoms with E-state index < -0.39 is 17.6 Å². The first-order valence-corrected chi connectivity index (χ1v) is 10.6. The van der Waals surface area contributed by atoms with Crippen LogP contribution >= 0.6 is 15.9 Å². The molecule has 2 atom stereocenters. The maximum Gasteiger partial charge on any atom is 0.438 e. The molecule has 5 rings (SSSR count). The minimum atomic E-state index is -0.708. The van der Waals surface area contributed by atoms with Gasteiger partial charge < -0.3 is 14.2 Å². The van der Waals surface area contributed by atoms with Crippen LogP contribution in [0.25, 0.3) is 10.8 Å². The molecule has 162 valence electrons. The van der Waals surface area contributed by atoms with Crippen LogP contribution in [0, 0.1) is 5.41 Å². The fourth-order valence-electron chi connectivity index (χ4n) is 4.27. The Morgan fingerprint density at radius 2 is 1.91 bits per heavy atom. The second-order valence-corrected chi connectivity index (χ2v) is 8.20. The van der Waals surface area contributed by atoms with Gasteiger partial charge >= 0.3 is 5.76 Å². The van der Waals surface area contributed by atoms with Crippen LogP contribution in [-0.2, 0) is 0 Å². The summed E-state index contributed by atoms with van der Waals surface area (Å²) < 4.78 is 22.5. The van der Waals surface area contributed by atoms with Gasteiger partial charge in [0.25, 0.3) is 0 Å². The molecule has 0 saturated heterocycles. The number of nitrogens with one attached hydrogen (secondary N) is 2. The number of rotatable bonds is 4. The van der Waals surface area contributed by atoms with E-state index in [0.29, 0.717) is 21.7 Å². The van der Waals surface area contributed by atoms with Crippen molar-refractivity contribution in [1.29, 1.82) is 5.41 Å². The normalized spacial score (nSPS) is 17.7. The summed E-state index contributed by atoms with van der Waals surface area (Å²) >= 11 is 3.56. The molecular formula is C23H18BrN3O5. The van der Waals surface area contributed by atoms with Crippen LogP contribution in [0.1, 0.15) is 28.8 Å². The third-order valence-electron chi connectivity index (χ3n) is 5.64. The zero-order valence-corrected chi connectivity index (χ0v) is 18.7. The maximum atomic E-state index is 11.7. The van der Waals surface area contributed by atoms with Gasteiger partial charge in [-0.15, -0.1) is 0 Å². The molecule has 4 aromatic rings. The highest BCUT2D eigenvalue weighted by Crippen LogP contribution is 2.50. The summed E-state index contributed by atoms with van der Waals surface area (Å²) in [5, 5.41) is 14.5. The van der Waals surface area contributed by atoms with Crippen LogP contribution in [0.3, 0.4) is 0 Å². The fourth-order valence-corrected chi connectivity index (χ4v) is 4.89. The summed E-state index contributed by atoms with van der Waals surface area (Å²) in [5.41, 5.74) is 1.68. The third kappa shape index (κ3) is 3.16. The molecule has 0 bridgehead atoms. The van der Waals surface area contributed by atoms with Crippen molar-refractivity contribution in [2.45, 2.75) is 11.8 Å². The summed E-state index contributed by atoms with van der Waals surface area (Å²) in [6, 6.07) is 15.6. The monoisotopic (exact) mass is 495 g/mol. The molecule has 2 unspecified atom stereocenters. The highest BCUT2D eigenvalue weighted by Gasteiger charge is 2.41. The van der Waals surface area contributed by atoms with Gasteiger partial charge in [-0.25, -0.2) is 4.79 Å². The average Bonchev–Trinajstić information content (AvgIpc) is 3.23. The molecule has 0 spiro atoms. The van der Waals surface area contributed by atoms with E-state index in [0.717, 1.165) is 21.9 Å². The van der Waals surface area contributed by atoms with Crippen LogP contribution in [0.15, 0.2) is 62.3 Å². The first kappa shape index (κ1) is 20.3. The largest absolute Gasteiger partial charge is 0.493 e. The van der Waals surface area contributed by atoms with Gasteiger partial charge in [-0.05, 0) is 39.0 Å². The first-order chi connectivity index (χ1) is 15.5. The topological polar surface area (TPSA) is 110 Å². The zero-order valence-electron chi connectivity index (χ0n) is 17.1. The molecule has 0 amide bonds. The minimum Gasteiger partial charge on any atom is -0.493 e. The lowest BCUT2D eigenvalue weighted by Crippen LogP contribution is -2.31. The fraction of sp³-hybridized carbons (Fsp3) is 0.174. The number of nitrogens with zero attached hydrogens (tertiary/aromatic N) is 1. The van der Waals surface area contributed by atoms with E-state index in [1.54, 1.807) is 14.2 Å². The van der Waals surface area contributed by atoms with E-state index in [1.807, 2.05) is 48.5 Å². The summed E-state index contributed by atoms with van der Waals surface area (Å²) in [6.45, 7) is 0. The smallest absolute Gasteiger partial charge is 0.438 e. The number of H-pyrrole nitrogens is 1. The molecular weight excluding hydrogens is 478 g/mol. The highest BCUT2D eigenvalue weighted by molar-refractivity contribution is 9.10. The molecule has 9 heteroatoms. The molecule has 1 aromatic heterocycles. The van der Waals surface area contributed by atoms with Crippen molar-refractivity contribution in [3.05, 3.63) is 80.5 Å². The SMILES string of the molecule is COc1cc(C2c3ccc4ccccc4c3OC(=N)C2c2noc(=O)[nH]2)cc(Br)c1OC. The molecule has 0 saturated carbocycles. The Balaban J connectivity index is 1.80. The van der Waals surface area contributed by atoms with Gasteiger partial charge in [0, 0.05) is 16.9 Å². The van der Waals surface area contributed by atoms with Gasteiger partial charge in [-0.2, -0.15) is 0 Å². The van der Waals surface area contributed by atoms with Crippen molar-refractivity contribution in [2.24, 2.45) is 0 Å². The molecule has 3 aromatic carbocycles. The summed E-state index contributed by atoms with van der Waals surface area (Å²) in [6.07, 6.45) is 0. The number of aromatic amines is 1. The highest BCUT2D eigenvalue weighted by atomic mass is 79.9. The van der Waals surface area contributed by atoms with Gasteiger partial charge in [0.05, 0.1) is 18.7 Å². The Morgan fingerprint density at radius 3 is 2.62 bits per heavy atom. The lowest BCUT2D eigenvalue weighted by molar-refractivity contribution is 0.352. The van der Waals surface area contributed by atoms with Crippen LogP contribution < -0.4 is 20.0 Å². The quantitative estimate of drug-likeness (QED) is 0.428. The van der Waals surface area contributed by atoms with Crippen LogP contribution in [0.2, 0.25) is 0 Å². The van der Waals surface area contributed by atoms with Crippen LogP contribution in [0.4, 0.5) is 0 Å². The van der Waals surface area contributed by atoms with Crippen LogP contribution in [0.5, 0.6) is 17.2 Å². The second kappa shape index (κ2) is 7.83. The maximum absolute atomic E-state index is 11.7. The lowest BCUT2D eigenvalue weighted by Gasteiger charge is -2.33. The molecule has 0 radical (unpaired) electrons. The minimum absolute atomic E-state index is 0.0469. The first-order valence-electron chi connectivity index (χ1n) is 9.77. The number of fused-ring (bicyclic) bond motifs is 3. The average molecular weight is 496 g/mol. The molecule has 2 N–H and O–H groups in total. The van der Waals surface area contributed by atoms with E-state index in [9.17, 15) is 4.79 Å². The van der Waals surface area contributed by atoms with Crippen molar-refractivity contribution in [1.82, 2.24) is 10.1 Å². The number of benzene rings is 3. The Bertz CT molecular complexity index is 1410. The molecule has 1 aliphatic rings. The van der Waals surface area contributed by atoms with Crippen molar-refractivity contribution in [2.75, 3.05) is 14.2 Å². The molecule has 2 heterocycles. The van der Waals surface area contributed by atoms with Gasteiger partial charge in [-0.3, -0.25) is 14.9 Å². The molecule has 0 aliphatic carbocycles. The predicted molar refractivity (Wildman–Crippen MR) is 121 cm³/mol. The third-order valence-corrected chi connectivity index (χ3v) is 6.23. The Kier molecular flexibility index (Phi) is 4.97. The van der Waals surface area contributed by atoms with E-state index >= 15 is 0 Å². The van der Waals surface area contributed by atoms with E-state index in [1.165, 1.54) is 0 Å².